The van der Waals surface area contributed by atoms with Gasteiger partial charge in [-0.2, -0.15) is 0 Å². The fourth-order valence-corrected chi connectivity index (χ4v) is 1.45. The van der Waals surface area contributed by atoms with Gasteiger partial charge < -0.3 is 10.2 Å². The molecular formula is C12H28N2. The van der Waals surface area contributed by atoms with E-state index in [1.54, 1.807) is 0 Å². The lowest BCUT2D eigenvalue weighted by Gasteiger charge is -2.17. The van der Waals surface area contributed by atoms with Crippen LogP contribution in [0.3, 0.4) is 0 Å². The summed E-state index contributed by atoms with van der Waals surface area (Å²) in [6.45, 7) is 8.26. The van der Waals surface area contributed by atoms with Crippen LogP contribution in [-0.2, 0) is 0 Å². The molecule has 0 amide bonds. The first-order chi connectivity index (χ1) is 6.66. The Morgan fingerprint density at radius 2 is 1.79 bits per heavy atom. The van der Waals surface area contributed by atoms with Crippen molar-refractivity contribution in [3.05, 3.63) is 0 Å². The second-order valence-corrected chi connectivity index (χ2v) is 4.65. The molecule has 0 atom stereocenters. The topological polar surface area (TPSA) is 15.3 Å². The molecule has 0 aromatic carbocycles. The molecule has 0 unspecified atom stereocenters. The molecule has 0 saturated carbocycles. The summed E-state index contributed by atoms with van der Waals surface area (Å²) in [4.78, 5) is 2.46. The highest BCUT2D eigenvalue weighted by Crippen LogP contribution is 2.02. The molecule has 0 aromatic heterocycles. The molecule has 86 valence electrons. The number of hydrogen-bond donors (Lipinski definition) is 1. The van der Waals surface area contributed by atoms with Crippen molar-refractivity contribution in [3.63, 3.8) is 0 Å². The molecule has 0 saturated heterocycles. The Bertz CT molecular complexity index is 113. The summed E-state index contributed by atoms with van der Waals surface area (Å²) in [6, 6.07) is 0. The van der Waals surface area contributed by atoms with Crippen molar-refractivity contribution in [2.24, 2.45) is 5.92 Å². The largest absolute Gasteiger partial charge is 0.320 e. The maximum absolute atomic E-state index is 3.18. The van der Waals surface area contributed by atoms with Gasteiger partial charge in [0.15, 0.2) is 0 Å². The first-order valence-corrected chi connectivity index (χ1v) is 6.00. The minimum absolute atomic E-state index is 0.835. The van der Waals surface area contributed by atoms with Gasteiger partial charge in [0, 0.05) is 0 Å². The van der Waals surface area contributed by atoms with Gasteiger partial charge in [0.05, 0.1) is 0 Å². The van der Waals surface area contributed by atoms with Gasteiger partial charge >= 0.3 is 0 Å². The predicted molar refractivity (Wildman–Crippen MR) is 64.7 cm³/mol. The summed E-state index contributed by atoms with van der Waals surface area (Å²) in [6.07, 6.45) is 5.34. The normalized spacial score (nSPS) is 11.6. The van der Waals surface area contributed by atoms with Crippen LogP contribution in [0.4, 0.5) is 0 Å². The zero-order valence-electron chi connectivity index (χ0n) is 10.5. The Balaban J connectivity index is 3.14. The van der Waals surface area contributed by atoms with E-state index in [1.807, 2.05) is 7.05 Å². The van der Waals surface area contributed by atoms with Gasteiger partial charge in [-0.1, -0.05) is 20.3 Å². The molecule has 0 aliphatic rings. The van der Waals surface area contributed by atoms with Crippen LogP contribution in [0.1, 0.15) is 39.5 Å². The molecule has 0 aliphatic heterocycles. The van der Waals surface area contributed by atoms with E-state index in [0.717, 1.165) is 12.5 Å². The van der Waals surface area contributed by atoms with Gasteiger partial charge in [0.1, 0.15) is 0 Å². The highest BCUT2D eigenvalue weighted by atomic mass is 15.1. The number of unbranched alkanes of at least 4 members (excludes halogenated alkanes) is 2. The van der Waals surface area contributed by atoms with E-state index in [2.05, 4.69) is 31.1 Å². The Morgan fingerprint density at radius 1 is 1.07 bits per heavy atom. The van der Waals surface area contributed by atoms with E-state index in [-0.39, 0.29) is 0 Å². The highest BCUT2D eigenvalue weighted by molar-refractivity contribution is 4.55. The highest BCUT2D eigenvalue weighted by Gasteiger charge is 1.99. The van der Waals surface area contributed by atoms with Gasteiger partial charge in [0.2, 0.25) is 0 Å². The van der Waals surface area contributed by atoms with Gasteiger partial charge in [-0.25, -0.2) is 0 Å². The monoisotopic (exact) mass is 200 g/mol. The average Bonchev–Trinajstić information content (AvgIpc) is 2.14. The van der Waals surface area contributed by atoms with Crippen LogP contribution in [0.15, 0.2) is 0 Å². The number of rotatable bonds is 9. The maximum atomic E-state index is 3.18. The van der Waals surface area contributed by atoms with Crippen LogP contribution in [0.2, 0.25) is 0 Å². The van der Waals surface area contributed by atoms with E-state index in [1.165, 1.54) is 38.8 Å². The minimum Gasteiger partial charge on any atom is -0.320 e. The lowest BCUT2D eigenvalue weighted by molar-refractivity contribution is 0.303. The van der Waals surface area contributed by atoms with E-state index >= 15 is 0 Å². The Morgan fingerprint density at radius 3 is 2.36 bits per heavy atom. The fraction of sp³-hybridized carbons (Fsp3) is 1.00. The SMILES string of the molecule is CNCCCCCN(C)CCC(C)C. The third kappa shape index (κ3) is 10.0. The van der Waals surface area contributed by atoms with Crippen molar-refractivity contribution in [2.75, 3.05) is 33.7 Å². The third-order valence-electron chi connectivity index (χ3n) is 2.55. The van der Waals surface area contributed by atoms with Crippen LogP contribution in [0.25, 0.3) is 0 Å². The van der Waals surface area contributed by atoms with Crippen LogP contribution in [-0.4, -0.2) is 38.6 Å². The summed E-state index contributed by atoms with van der Waals surface area (Å²) in [7, 11) is 4.26. The van der Waals surface area contributed by atoms with Gasteiger partial charge in [-0.05, 0) is 58.9 Å². The molecule has 0 heterocycles. The number of nitrogens with one attached hydrogen (secondary N) is 1. The van der Waals surface area contributed by atoms with Crippen molar-refractivity contribution in [1.82, 2.24) is 10.2 Å². The van der Waals surface area contributed by atoms with Crippen molar-refractivity contribution >= 4 is 0 Å². The predicted octanol–water partition coefficient (Wildman–Crippen LogP) is 2.35. The summed E-state index contributed by atoms with van der Waals surface area (Å²) in [5.41, 5.74) is 0. The summed E-state index contributed by atoms with van der Waals surface area (Å²) < 4.78 is 0. The second kappa shape index (κ2) is 9.47. The maximum Gasteiger partial charge on any atom is -0.00194 e. The van der Waals surface area contributed by atoms with E-state index in [4.69, 9.17) is 0 Å². The first-order valence-electron chi connectivity index (χ1n) is 6.00. The summed E-state index contributed by atoms with van der Waals surface area (Å²) in [5, 5.41) is 3.18. The zero-order valence-corrected chi connectivity index (χ0v) is 10.5. The van der Waals surface area contributed by atoms with Crippen LogP contribution in [0.5, 0.6) is 0 Å². The van der Waals surface area contributed by atoms with Gasteiger partial charge in [0.25, 0.3) is 0 Å². The average molecular weight is 200 g/mol. The second-order valence-electron chi connectivity index (χ2n) is 4.65. The molecule has 0 rings (SSSR count). The van der Waals surface area contributed by atoms with E-state index in [0.29, 0.717) is 0 Å². The van der Waals surface area contributed by atoms with Gasteiger partial charge in [-0.15, -0.1) is 0 Å². The van der Waals surface area contributed by atoms with Crippen LogP contribution >= 0.6 is 0 Å². The van der Waals surface area contributed by atoms with E-state index in [9.17, 15) is 0 Å². The molecule has 1 N–H and O–H groups in total. The number of hydrogen-bond acceptors (Lipinski definition) is 2. The number of nitrogens with zero attached hydrogens (tertiary/aromatic N) is 1. The van der Waals surface area contributed by atoms with Crippen LogP contribution < -0.4 is 5.32 Å². The van der Waals surface area contributed by atoms with Crippen molar-refractivity contribution in [1.29, 1.82) is 0 Å². The first kappa shape index (κ1) is 13.9. The van der Waals surface area contributed by atoms with Crippen molar-refractivity contribution in [2.45, 2.75) is 39.5 Å². The Labute approximate surface area is 90.1 Å². The van der Waals surface area contributed by atoms with Crippen molar-refractivity contribution < 1.29 is 0 Å². The molecule has 0 bridgehead atoms. The minimum atomic E-state index is 0.835. The fourth-order valence-electron chi connectivity index (χ4n) is 1.45. The molecule has 2 nitrogen and oxygen atoms in total. The summed E-state index contributed by atoms with van der Waals surface area (Å²) in [5.74, 6) is 0.835. The molecule has 0 aromatic rings. The molecule has 0 aliphatic carbocycles. The quantitative estimate of drug-likeness (QED) is 0.575. The molecular weight excluding hydrogens is 172 g/mol. The lowest BCUT2D eigenvalue weighted by atomic mass is 10.1. The zero-order chi connectivity index (χ0) is 10.8. The van der Waals surface area contributed by atoms with Gasteiger partial charge in [-0.3, -0.25) is 0 Å². The third-order valence-corrected chi connectivity index (χ3v) is 2.55. The molecule has 0 fully saturated rings. The van der Waals surface area contributed by atoms with Crippen molar-refractivity contribution in [3.8, 4) is 0 Å². The van der Waals surface area contributed by atoms with E-state index < -0.39 is 0 Å². The molecule has 2 heteroatoms. The summed E-state index contributed by atoms with van der Waals surface area (Å²) >= 11 is 0. The molecule has 0 radical (unpaired) electrons. The van der Waals surface area contributed by atoms with Crippen LogP contribution in [0, 0.1) is 5.92 Å². The Hall–Kier alpha value is -0.0800. The Kier molecular flexibility index (Phi) is 9.42. The molecule has 0 spiro atoms. The smallest absolute Gasteiger partial charge is 0.00194 e. The lowest BCUT2D eigenvalue weighted by Crippen LogP contribution is -2.22. The molecule has 14 heavy (non-hydrogen) atoms. The standard InChI is InChI=1S/C12H28N2/c1-12(2)8-11-14(4)10-7-5-6-9-13-3/h12-13H,5-11H2,1-4H3.